The molecule has 0 heterocycles. The van der Waals surface area contributed by atoms with Gasteiger partial charge in [-0.1, -0.05) is 53.5 Å². The molecule has 7 nitrogen and oxygen atoms in total. The van der Waals surface area contributed by atoms with Crippen molar-refractivity contribution in [3.63, 3.8) is 0 Å². The van der Waals surface area contributed by atoms with Crippen molar-refractivity contribution < 1.29 is 19.1 Å². The van der Waals surface area contributed by atoms with Gasteiger partial charge >= 0.3 is 0 Å². The first-order chi connectivity index (χ1) is 17.3. The SMILES string of the molecule is COc1ccc(/C=N\NC(=O)[C@H](Cc2ccccc2)NC(=O)[C@H](C)Oc2ccc(Cl)cc2Cl)c(C)c1. The van der Waals surface area contributed by atoms with Crippen molar-refractivity contribution in [2.75, 3.05) is 7.11 Å². The monoisotopic (exact) mass is 527 g/mol. The van der Waals surface area contributed by atoms with Gasteiger partial charge in [0.1, 0.15) is 17.5 Å². The first-order valence-electron chi connectivity index (χ1n) is 11.2. The Balaban J connectivity index is 1.69. The summed E-state index contributed by atoms with van der Waals surface area (Å²) < 4.78 is 10.9. The molecule has 0 bridgehead atoms. The van der Waals surface area contributed by atoms with E-state index in [2.05, 4.69) is 15.8 Å². The van der Waals surface area contributed by atoms with E-state index in [1.165, 1.54) is 6.07 Å². The van der Waals surface area contributed by atoms with E-state index in [0.717, 1.165) is 22.4 Å². The number of carbonyl (C=O) groups is 2. The lowest BCUT2D eigenvalue weighted by molar-refractivity contribution is -0.132. The number of nitrogens with zero attached hydrogens (tertiary/aromatic N) is 1. The van der Waals surface area contributed by atoms with E-state index < -0.39 is 24.0 Å². The van der Waals surface area contributed by atoms with Crippen LogP contribution in [0.1, 0.15) is 23.6 Å². The van der Waals surface area contributed by atoms with Crippen molar-refractivity contribution in [2.24, 2.45) is 5.10 Å². The number of methoxy groups -OCH3 is 1. The standard InChI is InChI=1S/C27H27Cl2N3O4/c1-17-13-22(35-3)11-9-20(17)16-30-32-27(34)24(14-19-7-5-4-6-8-19)31-26(33)18(2)36-25-12-10-21(28)15-23(25)29/h4-13,15-16,18,24H,14H2,1-3H3,(H,31,33)(H,32,34)/b30-16-/t18-,24-/m0/s1. The molecule has 3 aromatic carbocycles. The summed E-state index contributed by atoms with van der Waals surface area (Å²) in [7, 11) is 1.60. The number of amides is 2. The molecule has 0 radical (unpaired) electrons. The fourth-order valence-corrected chi connectivity index (χ4v) is 3.78. The number of hydrogen-bond donors (Lipinski definition) is 2. The van der Waals surface area contributed by atoms with Gasteiger partial charge in [-0.3, -0.25) is 9.59 Å². The Morgan fingerprint density at radius 2 is 1.78 bits per heavy atom. The van der Waals surface area contributed by atoms with Crippen LogP contribution in [0.25, 0.3) is 0 Å². The highest BCUT2D eigenvalue weighted by Gasteiger charge is 2.25. The molecule has 0 saturated heterocycles. The van der Waals surface area contributed by atoms with Gasteiger partial charge in [0, 0.05) is 11.4 Å². The van der Waals surface area contributed by atoms with Crippen molar-refractivity contribution in [3.05, 3.63) is 93.5 Å². The average molecular weight is 528 g/mol. The molecule has 0 aliphatic rings. The molecule has 2 N–H and O–H groups in total. The molecule has 0 saturated carbocycles. The van der Waals surface area contributed by atoms with Gasteiger partial charge in [0.05, 0.1) is 18.3 Å². The van der Waals surface area contributed by atoms with E-state index in [4.69, 9.17) is 32.7 Å². The Hall–Kier alpha value is -3.55. The van der Waals surface area contributed by atoms with Crippen LogP contribution < -0.4 is 20.2 Å². The maximum atomic E-state index is 13.0. The molecule has 2 atom stereocenters. The van der Waals surface area contributed by atoms with Gasteiger partial charge in [0.2, 0.25) is 0 Å². The molecule has 2 amide bonds. The number of ether oxygens (including phenoxy) is 2. The van der Waals surface area contributed by atoms with Crippen molar-refractivity contribution in [1.82, 2.24) is 10.7 Å². The van der Waals surface area contributed by atoms with Crippen LogP contribution in [0.2, 0.25) is 10.0 Å². The molecule has 0 unspecified atom stereocenters. The summed E-state index contributed by atoms with van der Waals surface area (Å²) in [5.74, 6) is 0.0983. The molecule has 9 heteroatoms. The van der Waals surface area contributed by atoms with Gasteiger partial charge in [-0.15, -0.1) is 0 Å². The van der Waals surface area contributed by atoms with Gasteiger partial charge < -0.3 is 14.8 Å². The van der Waals surface area contributed by atoms with Gasteiger partial charge in [-0.25, -0.2) is 5.43 Å². The highest BCUT2D eigenvalue weighted by molar-refractivity contribution is 6.35. The Morgan fingerprint density at radius 3 is 2.44 bits per heavy atom. The summed E-state index contributed by atoms with van der Waals surface area (Å²) >= 11 is 12.1. The summed E-state index contributed by atoms with van der Waals surface area (Å²) in [6, 6.07) is 18.7. The first kappa shape index (κ1) is 27.0. The van der Waals surface area contributed by atoms with Crippen molar-refractivity contribution in [2.45, 2.75) is 32.4 Å². The third-order valence-electron chi connectivity index (χ3n) is 5.34. The maximum absolute atomic E-state index is 13.0. The number of hydrazone groups is 1. The topological polar surface area (TPSA) is 89.0 Å². The van der Waals surface area contributed by atoms with Crippen molar-refractivity contribution in [3.8, 4) is 11.5 Å². The zero-order chi connectivity index (χ0) is 26.1. The number of carbonyl (C=O) groups excluding carboxylic acids is 2. The smallest absolute Gasteiger partial charge is 0.262 e. The van der Waals surface area contributed by atoms with E-state index in [9.17, 15) is 9.59 Å². The lowest BCUT2D eigenvalue weighted by Gasteiger charge is -2.21. The fourth-order valence-electron chi connectivity index (χ4n) is 3.33. The van der Waals surface area contributed by atoms with E-state index in [0.29, 0.717) is 10.8 Å². The molecule has 3 rings (SSSR count). The molecule has 0 spiro atoms. The van der Waals surface area contributed by atoms with Crippen LogP contribution in [0.4, 0.5) is 0 Å². The quantitative estimate of drug-likeness (QED) is 0.288. The largest absolute Gasteiger partial charge is 0.497 e. The normalized spacial score (nSPS) is 12.6. The molecular weight excluding hydrogens is 501 g/mol. The predicted octanol–water partition coefficient (Wildman–Crippen LogP) is 4.96. The molecular formula is C27H27Cl2N3O4. The lowest BCUT2D eigenvalue weighted by atomic mass is 10.1. The molecule has 188 valence electrons. The van der Waals surface area contributed by atoms with Crippen LogP contribution in [-0.2, 0) is 16.0 Å². The minimum atomic E-state index is -0.916. The van der Waals surface area contributed by atoms with Crippen LogP contribution in [0.3, 0.4) is 0 Å². The van der Waals surface area contributed by atoms with Crippen LogP contribution in [-0.4, -0.2) is 37.3 Å². The molecule has 0 aliphatic heterocycles. The summed E-state index contributed by atoms with van der Waals surface area (Å²) in [5.41, 5.74) is 5.16. The number of halogens is 2. The fraction of sp³-hybridized carbons (Fsp3) is 0.222. The van der Waals surface area contributed by atoms with E-state index >= 15 is 0 Å². The summed E-state index contributed by atoms with van der Waals surface area (Å²) in [6.07, 6.45) is 0.895. The number of nitrogens with one attached hydrogen (secondary N) is 2. The van der Waals surface area contributed by atoms with E-state index in [1.807, 2.05) is 55.5 Å². The number of benzene rings is 3. The average Bonchev–Trinajstić information content (AvgIpc) is 2.86. The first-order valence-corrected chi connectivity index (χ1v) is 12.0. The summed E-state index contributed by atoms with van der Waals surface area (Å²) in [5, 5.41) is 7.57. The highest BCUT2D eigenvalue weighted by atomic mass is 35.5. The Bertz CT molecular complexity index is 1230. The van der Waals surface area contributed by atoms with Gasteiger partial charge in [0.15, 0.2) is 6.10 Å². The second kappa shape index (κ2) is 13.0. The highest BCUT2D eigenvalue weighted by Crippen LogP contribution is 2.28. The molecule has 36 heavy (non-hydrogen) atoms. The predicted molar refractivity (Wildman–Crippen MR) is 142 cm³/mol. The van der Waals surface area contributed by atoms with Crippen LogP contribution in [0.15, 0.2) is 71.8 Å². The molecule has 0 aromatic heterocycles. The Morgan fingerprint density at radius 1 is 1.03 bits per heavy atom. The molecule has 3 aromatic rings. The van der Waals surface area contributed by atoms with Gasteiger partial charge in [0.25, 0.3) is 11.8 Å². The van der Waals surface area contributed by atoms with Crippen molar-refractivity contribution in [1.29, 1.82) is 0 Å². The number of rotatable bonds is 10. The van der Waals surface area contributed by atoms with Crippen LogP contribution in [0.5, 0.6) is 11.5 Å². The third kappa shape index (κ3) is 7.73. The Labute approximate surface area is 220 Å². The summed E-state index contributed by atoms with van der Waals surface area (Å²) in [4.78, 5) is 25.9. The van der Waals surface area contributed by atoms with E-state index in [-0.39, 0.29) is 11.4 Å². The maximum Gasteiger partial charge on any atom is 0.262 e. The van der Waals surface area contributed by atoms with Crippen LogP contribution in [0, 0.1) is 6.92 Å². The molecule has 0 fully saturated rings. The second-order valence-electron chi connectivity index (χ2n) is 8.04. The Kier molecular flexibility index (Phi) is 9.73. The third-order valence-corrected chi connectivity index (χ3v) is 5.87. The number of aryl methyl sites for hydroxylation is 1. The minimum Gasteiger partial charge on any atom is -0.497 e. The number of hydrogen-bond acceptors (Lipinski definition) is 5. The van der Waals surface area contributed by atoms with Gasteiger partial charge in [-0.05, 0) is 66.9 Å². The summed E-state index contributed by atoms with van der Waals surface area (Å²) in [6.45, 7) is 3.49. The second-order valence-corrected chi connectivity index (χ2v) is 8.89. The molecule has 0 aliphatic carbocycles. The van der Waals surface area contributed by atoms with E-state index in [1.54, 1.807) is 32.4 Å². The zero-order valence-corrected chi connectivity index (χ0v) is 21.6. The lowest BCUT2D eigenvalue weighted by Crippen LogP contribution is -2.50. The zero-order valence-electron chi connectivity index (χ0n) is 20.1. The van der Waals surface area contributed by atoms with Crippen LogP contribution >= 0.6 is 23.2 Å². The van der Waals surface area contributed by atoms with Crippen molar-refractivity contribution >= 4 is 41.2 Å². The van der Waals surface area contributed by atoms with Gasteiger partial charge in [-0.2, -0.15) is 5.10 Å². The minimum absolute atomic E-state index is 0.268.